The van der Waals surface area contributed by atoms with E-state index in [1.165, 1.54) is 0 Å². The predicted molar refractivity (Wildman–Crippen MR) is 73.7 cm³/mol. The first-order valence-corrected chi connectivity index (χ1v) is 6.42. The molecule has 0 fully saturated rings. The quantitative estimate of drug-likeness (QED) is 0.738. The number of ether oxygens (including phenoxy) is 1. The molecule has 2 aromatic heterocycles. The lowest BCUT2D eigenvalue weighted by Crippen LogP contribution is -1.97. The van der Waals surface area contributed by atoms with Gasteiger partial charge in [0.1, 0.15) is 11.2 Å². The fraction of sp³-hybridized carbons (Fsp3) is 0.0714. The van der Waals surface area contributed by atoms with Crippen LogP contribution in [-0.4, -0.2) is 9.38 Å². The maximum absolute atomic E-state index is 5.81. The van der Waals surface area contributed by atoms with Gasteiger partial charge in [-0.1, -0.05) is 30.3 Å². The molecule has 0 saturated heterocycles. The van der Waals surface area contributed by atoms with Gasteiger partial charge >= 0.3 is 0 Å². The Bertz CT molecular complexity index is 664. The second-order valence-electron chi connectivity index (χ2n) is 3.92. The van der Waals surface area contributed by atoms with Crippen molar-refractivity contribution in [2.45, 2.75) is 6.61 Å². The maximum Gasteiger partial charge on any atom is 0.180 e. The van der Waals surface area contributed by atoms with Gasteiger partial charge in [-0.3, -0.25) is 4.40 Å². The molecule has 3 rings (SSSR count). The average Bonchev–Trinajstić information content (AvgIpc) is 2.80. The van der Waals surface area contributed by atoms with Crippen molar-refractivity contribution in [2.75, 3.05) is 0 Å². The molecule has 4 heteroatoms. The van der Waals surface area contributed by atoms with Gasteiger partial charge in [0.25, 0.3) is 0 Å². The van der Waals surface area contributed by atoms with E-state index in [2.05, 4.69) is 20.9 Å². The van der Waals surface area contributed by atoms with E-state index in [1.54, 1.807) is 6.20 Å². The fourth-order valence-electron chi connectivity index (χ4n) is 1.80. The number of hydrogen-bond acceptors (Lipinski definition) is 2. The van der Waals surface area contributed by atoms with E-state index in [1.807, 2.05) is 53.1 Å². The van der Waals surface area contributed by atoms with Gasteiger partial charge in [-0.05, 0) is 33.6 Å². The largest absolute Gasteiger partial charge is 0.485 e. The molecule has 0 aliphatic carbocycles. The molecule has 0 bridgehead atoms. The lowest BCUT2D eigenvalue weighted by atomic mass is 10.2. The van der Waals surface area contributed by atoms with Crippen LogP contribution in [0.4, 0.5) is 0 Å². The summed E-state index contributed by atoms with van der Waals surface area (Å²) in [5.41, 5.74) is 1.96. The number of pyridine rings is 1. The minimum atomic E-state index is 0.547. The topological polar surface area (TPSA) is 26.5 Å². The minimum Gasteiger partial charge on any atom is -0.485 e. The summed E-state index contributed by atoms with van der Waals surface area (Å²) in [5, 5.41) is 0. The van der Waals surface area contributed by atoms with Gasteiger partial charge in [0.2, 0.25) is 0 Å². The highest BCUT2D eigenvalue weighted by Crippen LogP contribution is 2.22. The number of nitrogens with zero attached hydrogens (tertiary/aromatic N) is 2. The van der Waals surface area contributed by atoms with E-state index in [-0.39, 0.29) is 0 Å². The van der Waals surface area contributed by atoms with Crippen LogP contribution >= 0.6 is 15.9 Å². The highest BCUT2D eigenvalue weighted by molar-refractivity contribution is 9.10. The first kappa shape index (κ1) is 11.3. The molecule has 1 aromatic carbocycles. The standard InChI is InChI=1S/C14H11BrN2O/c15-13-9-16-14-12(7-4-8-17(13)14)18-10-11-5-2-1-3-6-11/h1-9H,10H2. The summed E-state index contributed by atoms with van der Waals surface area (Å²) < 4.78 is 8.68. The first-order valence-electron chi connectivity index (χ1n) is 5.63. The number of halogens is 1. The van der Waals surface area contributed by atoms with Gasteiger partial charge in [-0.2, -0.15) is 0 Å². The van der Waals surface area contributed by atoms with E-state index < -0.39 is 0 Å². The van der Waals surface area contributed by atoms with Gasteiger partial charge in [0.15, 0.2) is 11.4 Å². The molecule has 0 aliphatic heterocycles. The Hall–Kier alpha value is -1.81. The van der Waals surface area contributed by atoms with E-state index in [9.17, 15) is 0 Å². The summed E-state index contributed by atoms with van der Waals surface area (Å²) >= 11 is 3.44. The SMILES string of the molecule is Brc1cnc2c(OCc3ccccc3)cccn12. The third-order valence-corrected chi connectivity index (χ3v) is 3.28. The van der Waals surface area contributed by atoms with Crippen molar-refractivity contribution in [2.24, 2.45) is 0 Å². The van der Waals surface area contributed by atoms with E-state index in [4.69, 9.17) is 4.74 Å². The van der Waals surface area contributed by atoms with Crippen LogP contribution in [0.2, 0.25) is 0 Å². The molecule has 0 aliphatic rings. The summed E-state index contributed by atoms with van der Waals surface area (Å²) in [5.74, 6) is 0.784. The number of imidazole rings is 1. The zero-order valence-corrected chi connectivity index (χ0v) is 11.2. The second-order valence-corrected chi connectivity index (χ2v) is 4.73. The lowest BCUT2D eigenvalue weighted by molar-refractivity contribution is 0.308. The van der Waals surface area contributed by atoms with Crippen LogP contribution in [0.1, 0.15) is 5.56 Å². The van der Waals surface area contributed by atoms with E-state index in [0.29, 0.717) is 6.61 Å². The Kier molecular flexibility index (Phi) is 3.02. The first-order chi connectivity index (χ1) is 8.84. The third kappa shape index (κ3) is 2.11. The molecule has 0 spiro atoms. The Balaban J connectivity index is 1.87. The molecule has 3 aromatic rings. The molecule has 18 heavy (non-hydrogen) atoms. The van der Waals surface area contributed by atoms with Gasteiger partial charge in [0.05, 0.1) is 6.20 Å². The summed E-state index contributed by atoms with van der Waals surface area (Å²) in [6.07, 6.45) is 3.71. The molecular formula is C14H11BrN2O. The molecule has 90 valence electrons. The summed E-state index contributed by atoms with van der Waals surface area (Å²) in [6.45, 7) is 0.547. The normalized spacial score (nSPS) is 10.7. The Morgan fingerprint density at radius 3 is 2.78 bits per heavy atom. The minimum absolute atomic E-state index is 0.547. The highest BCUT2D eigenvalue weighted by Gasteiger charge is 2.06. The highest BCUT2D eigenvalue weighted by atomic mass is 79.9. The van der Waals surface area contributed by atoms with Crippen LogP contribution in [0.25, 0.3) is 5.65 Å². The zero-order chi connectivity index (χ0) is 12.4. The molecule has 0 unspecified atom stereocenters. The lowest BCUT2D eigenvalue weighted by Gasteiger charge is -2.07. The third-order valence-electron chi connectivity index (χ3n) is 2.69. The van der Waals surface area contributed by atoms with Crippen LogP contribution in [0.3, 0.4) is 0 Å². The number of hydrogen-bond donors (Lipinski definition) is 0. The van der Waals surface area contributed by atoms with Crippen molar-refractivity contribution < 1.29 is 4.74 Å². The van der Waals surface area contributed by atoms with Crippen LogP contribution in [0.15, 0.2) is 59.5 Å². The number of fused-ring (bicyclic) bond motifs is 1. The van der Waals surface area contributed by atoms with Crippen molar-refractivity contribution in [3.8, 4) is 5.75 Å². The van der Waals surface area contributed by atoms with E-state index >= 15 is 0 Å². The van der Waals surface area contributed by atoms with Crippen molar-refractivity contribution in [3.05, 3.63) is 65.0 Å². The molecule has 3 nitrogen and oxygen atoms in total. The van der Waals surface area contributed by atoms with Crippen LogP contribution in [0, 0.1) is 0 Å². The van der Waals surface area contributed by atoms with Crippen LogP contribution < -0.4 is 4.74 Å². The van der Waals surface area contributed by atoms with Crippen LogP contribution in [-0.2, 0) is 6.61 Å². The van der Waals surface area contributed by atoms with Crippen molar-refractivity contribution in [1.82, 2.24) is 9.38 Å². The molecular weight excluding hydrogens is 292 g/mol. The molecule has 0 N–H and O–H groups in total. The van der Waals surface area contributed by atoms with Gasteiger partial charge in [0, 0.05) is 6.20 Å². The Morgan fingerprint density at radius 1 is 1.11 bits per heavy atom. The molecule has 0 saturated carbocycles. The monoisotopic (exact) mass is 302 g/mol. The van der Waals surface area contributed by atoms with Gasteiger partial charge in [-0.25, -0.2) is 4.98 Å². The number of aromatic nitrogens is 2. The predicted octanol–water partition coefficient (Wildman–Crippen LogP) is 3.68. The number of rotatable bonds is 3. The maximum atomic E-state index is 5.81. The van der Waals surface area contributed by atoms with Crippen molar-refractivity contribution >= 4 is 21.6 Å². The Labute approximate surface area is 113 Å². The smallest absolute Gasteiger partial charge is 0.180 e. The summed E-state index contributed by atoms with van der Waals surface area (Å²) in [4.78, 5) is 4.32. The average molecular weight is 303 g/mol. The summed E-state index contributed by atoms with van der Waals surface area (Å²) in [7, 11) is 0. The molecule has 0 atom stereocenters. The summed E-state index contributed by atoms with van der Waals surface area (Å²) in [6, 6.07) is 14.0. The van der Waals surface area contributed by atoms with Crippen LogP contribution in [0.5, 0.6) is 5.75 Å². The number of benzene rings is 1. The fourth-order valence-corrected chi connectivity index (χ4v) is 2.19. The van der Waals surface area contributed by atoms with Gasteiger partial charge < -0.3 is 4.74 Å². The molecule has 0 amide bonds. The second kappa shape index (κ2) is 4.82. The van der Waals surface area contributed by atoms with Gasteiger partial charge in [-0.15, -0.1) is 0 Å². The van der Waals surface area contributed by atoms with E-state index in [0.717, 1.165) is 21.6 Å². The molecule has 2 heterocycles. The van der Waals surface area contributed by atoms with Crippen molar-refractivity contribution in [1.29, 1.82) is 0 Å². The molecule has 0 radical (unpaired) electrons. The van der Waals surface area contributed by atoms with Crippen molar-refractivity contribution in [3.63, 3.8) is 0 Å². The zero-order valence-electron chi connectivity index (χ0n) is 9.58. The Morgan fingerprint density at radius 2 is 1.94 bits per heavy atom.